The molecule has 0 fully saturated rings. The van der Waals surface area contributed by atoms with E-state index in [1.54, 1.807) is 30.3 Å². The van der Waals surface area contributed by atoms with E-state index in [4.69, 9.17) is 23.2 Å². The van der Waals surface area contributed by atoms with Gasteiger partial charge in [0.15, 0.2) is 0 Å². The molecule has 1 N–H and O–H groups in total. The molecule has 0 saturated carbocycles. The molecular formula is C31H37Cl2N3O4S. The maximum absolute atomic E-state index is 14.1. The minimum Gasteiger partial charge on any atom is -0.352 e. The summed E-state index contributed by atoms with van der Waals surface area (Å²) in [4.78, 5) is 29.3. The molecule has 10 heteroatoms. The summed E-state index contributed by atoms with van der Waals surface area (Å²) >= 11 is 12.6. The number of carbonyl (C=O) groups is 2. The highest BCUT2D eigenvalue weighted by Crippen LogP contribution is 2.25. The van der Waals surface area contributed by atoms with Crippen LogP contribution in [0.3, 0.4) is 0 Å². The van der Waals surface area contributed by atoms with Crippen LogP contribution in [0.15, 0.2) is 72.8 Å². The lowest BCUT2D eigenvalue weighted by Gasteiger charge is -2.34. The smallest absolute Gasteiger partial charge is 0.244 e. The zero-order chi connectivity index (χ0) is 30.2. The first-order valence-corrected chi connectivity index (χ1v) is 16.2. The predicted molar refractivity (Wildman–Crippen MR) is 167 cm³/mol. The van der Waals surface area contributed by atoms with Crippen molar-refractivity contribution in [3.63, 3.8) is 0 Å². The van der Waals surface area contributed by atoms with E-state index in [1.165, 1.54) is 4.90 Å². The Labute approximate surface area is 253 Å². The van der Waals surface area contributed by atoms with Gasteiger partial charge in [0, 0.05) is 29.1 Å². The van der Waals surface area contributed by atoms with Crippen molar-refractivity contribution in [3.05, 3.63) is 99.5 Å². The molecule has 2 atom stereocenters. The molecule has 0 spiro atoms. The summed E-state index contributed by atoms with van der Waals surface area (Å²) in [7, 11) is -3.84. The van der Waals surface area contributed by atoms with Crippen LogP contribution >= 0.6 is 23.2 Å². The van der Waals surface area contributed by atoms with Crippen LogP contribution in [0.25, 0.3) is 0 Å². The molecule has 2 amide bonds. The predicted octanol–water partition coefficient (Wildman–Crippen LogP) is 5.88. The number of nitrogens with zero attached hydrogens (tertiary/aromatic N) is 2. The molecule has 0 bridgehead atoms. The van der Waals surface area contributed by atoms with E-state index in [0.29, 0.717) is 27.7 Å². The van der Waals surface area contributed by atoms with Gasteiger partial charge in [0.2, 0.25) is 21.8 Å². The highest BCUT2D eigenvalue weighted by Gasteiger charge is 2.33. The lowest BCUT2D eigenvalue weighted by Crippen LogP contribution is -2.54. The zero-order valence-electron chi connectivity index (χ0n) is 23.8. The topological polar surface area (TPSA) is 86.8 Å². The largest absolute Gasteiger partial charge is 0.352 e. The highest BCUT2D eigenvalue weighted by molar-refractivity contribution is 7.92. The van der Waals surface area contributed by atoms with E-state index in [9.17, 15) is 18.0 Å². The lowest BCUT2D eigenvalue weighted by atomic mass is 10.0. The summed E-state index contributed by atoms with van der Waals surface area (Å²) in [6, 6.07) is 20.3. The lowest BCUT2D eigenvalue weighted by molar-refractivity contribution is -0.140. The number of rotatable bonds is 13. The van der Waals surface area contributed by atoms with Crippen molar-refractivity contribution < 1.29 is 18.0 Å². The van der Waals surface area contributed by atoms with Crippen molar-refractivity contribution in [2.24, 2.45) is 0 Å². The van der Waals surface area contributed by atoms with Gasteiger partial charge in [0.05, 0.1) is 11.9 Å². The number of halogens is 2. The summed E-state index contributed by atoms with van der Waals surface area (Å²) in [5.41, 5.74) is 2.84. The van der Waals surface area contributed by atoms with E-state index < -0.39 is 28.5 Å². The second-order valence-corrected chi connectivity index (χ2v) is 12.8. The van der Waals surface area contributed by atoms with Gasteiger partial charge in [-0.05, 0) is 60.7 Å². The van der Waals surface area contributed by atoms with Crippen molar-refractivity contribution in [2.75, 3.05) is 17.1 Å². The minimum atomic E-state index is -3.84. The highest BCUT2D eigenvalue weighted by atomic mass is 35.5. The Morgan fingerprint density at radius 3 is 2.15 bits per heavy atom. The number of carbonyl (C=O) groups excluding carboxylic acids is 2. The van der Waals surface area contributed by atoms with Gasteiger partial charge in [-0.15, -0.1) is 0 Å². The molecule has 220 valence electrons. The van der Waals surface area contributed by atoms with Crippen LogP contribution in [-0.4, -0.2) is 50.0 Å². The summed E-state index contributed by atoms with van der Waals surface area (Å²) < 4.78 is 26.9. The second-order valence-electron chi connectivity index (χ2n) is 10.1. The van der Waals surface area contributed by atoms with Crippen molar-refractivity contribution in [1.29, 1.82) is 0 Å². The van der Waals surface area contributed by atoms with Gasteiger partial charge in [0.25, 0.3) is 0 Å². The number of aryl methyl sites for hydroxylation is 1. The number of hydrogen-bond acceptors (Lipinski definition) is 4. The summed E-state index contributed by atoms with van der Waals surface area (Å²) in [5.74, 6) is -0.874. The van der Waals surface area contributed by atoms with Gasteiger partial charge in [-0.3, -0.25) is 13.9 Å². The van der Waals surface area contributed by atoms with Crippen LogP contribution in [0.5, 0.6) is 0 Å². The fourth-order valence-electron chi connectivity index (χ4n) is 4.34. The molecule has 0 aromatic heterocycles. The second kappa shape index (κ2) is 14.7. The molecule has 0 aliphatic carbocycles. The zero-order valence-corrected chi connectivity index (χ0v) is 26.1. The average molecular weight is 619 g/mol. The summed E-state index contributed by atoms with van der Waals surface area (Å²) in [6.07, 6.45) is 2.78. The number of benzene rings is 3. The fourth-order valence-corrected chi connectivity index (χ4v) is 5.66. The molecule has 3 aromatic carbocycles. The first-order chi connectivity index (χ1) is 19.4. The quantitative estimate of drug-likeness (QED) is 0.260. The number of sulfonamides is 1. The van der Waals surface area contributed by atoms with Crippen LogP contribution in [0.4, 0.5) is 5.69 Å². The van der Waals surface area contributed by atoms with Crippen molar-refractivity contribution in [1.82, 2.24) is 10.2 Å². The molecule has 0 heterocycles. The average Bonchev–Trinajstić information content (AvgIpc) is 2.94. The first-order valence-electron chi connectivity index (χ1n) is 13.6. The minimum absolute atomic E-state index is 0.0212. The molecule has 3 aromatic rings. The molecule has 41 heavy (non-hydrogen) atoms. The van der Waals surface area contributed by atoms with Crippen molar-refractivity contribution in [3.8, 4) is 0 Å². The van der Waals surface area contributed by atoms with E-state index in [1.807, 2.05) is 63.2 Å². The van der Waals surface area contributed by atoms with Gasteiger partial charge in [-0.1, -0.05) is 85.6 Å². The Hall–Kier alpha value is -3.07. The standard InChI is InChI=1S/C31H37Cl2N3O4S/c1-5-22(3)34-31(38)29(18-24-10-8-7-9-11-24)35(20-25-14-15-26(32)19-28(25)33)30(37)21-36(41(4,39)40)27-16-12-23(6-2)13-17-27/h7-17,19,22,29H,5-6,18,20-21H2,1-4H3,(H,34,38). The first kappa shape index (κ1) is 32.4. The third-order valence-electron chi connectivity index (χ3n) is 6.94. The number of hydrogen-bond donors (Lipinski definition) is 1. The molecule has 0 aliphatic heterocycles. The Balaban J connectivity index is 2.08. The van der Waals surface area contributed by atoms with Gasteiger partial charge in [-0.2, -0.15) is 0 Å². The molecule has 0 radical (unpaired) electrons. The van der Waals surface area contributed by atoms with Gasteiger partial charge >= 0.3 is 0 Å². The Morgan fingerprint density at radius 1 is 0.927 bits per heavy atom. The van der Waals surface area contributed by atoms with E-state index in [-0.39, 0.29) is 24.9 Å². The van der Waals surface area contributed by atoms with Crippen LogP contribution in [0, 0.1) is 0 Å². The van der Waals surface area contributed by atoms with Gasteiger partial charge in [0.1, 0.15) is 12.6 Å². The van der Waals surface area contributed by atoms with E-state index in [2.05, 4.69) is 5.32 Å². The third kappa shape index (κ3) is 9.21. The Kier molecular flexibility index (Phi) is 11.6. The van der Waals surface area contributed by atoms with Crippen LogP contribution < -0.4 is 9.62 Å². The molecule has 0 saturated heterocycles. The summed E-state index contributed by atoms with van der Waals surface area (Å²) in [6.45, 7) is 5.35. The van der Waals surface area contributed by atoms with Crippen molar-refractivity contribution >= 4 is 50.7 Å². The molecule has 3 rings (SSSR count). The fraction of sp³-hybridized carbons (Fsp3) is 0.355. The maximum Gasteiger partial charge on any atom is 0.244 e. The third-order valence-corrected chi connectivity index (χ3v) is 8.67. The Morgan fingerprint density at radius 2 is 1.59 bits per heavy atom. The molecule has 0 aliphatic rings. The van der Waals surface area contributed by atoms with Crippen molar-refractivity contribution in [2.45, 2.75) is 58.7 Å². The molecule has 7 nitrogen and oxygen atoms in total. The number of anilines is 1. The molecular weight excluding hydrogens is 581 g/mol. The van der Waals surface area contributed by atoms with Crippen LogP contribution in [0.1, 0.15) is 43.9 Å². The Bertz CT molecular complexity index is 1430. The van der Waals surface area contributed by atoms with Crippen LogP contribution in [0.2, 0.25) is 10.0 Å². The number of amides is 2. The monoisotopic (exact) mass is 617 g/mol. The molecule has 2 unspecified atom stereocenters. The number of nitrogens with one attached hydrogen (secondary N) is 1. The maximum atomic E-state index is 14.1. The summed E-state index contributed by atoms with van der Waals surface area (Å²) in [5, 5.41) is 3.78. The van der Waals surface area contributed by atoms with Crippen LogP contribution in [-0.2, 0) is 39.0 Å². The van der Waals surface area contributed by atoms with Gasteiger partial charge in [-0.25, -0.2) is 8.42 Å². The van der Waals surface area contributed by atoms with E-state index in [0.717, 1.165) is 28.1 Å². The SMILES string of the molecule is CCc1ccc(N(CC(=O)N(Cc2ccc(Cl)cc2Cl)C(Cc2ccccc2)C(=O)NC(C)CC)S(C)(=O)=O)cc1. The van der Waals surface area contributed by atoms with E-state index >= 15 is 0 Å². The van der Waals surface area contributed by atoms with Gasteiger partial charge < -0.3 is 10.2 Å². The normalized spacial score (nSPS) is 12.8.